The van der Waals surface area contributed by atoms with E-state index in [1.54, 1.807) is 0 Å². The SMILES string of the molecule is C.CC(=O)NC(C=O)C=O. The Hall–Kier alpha value is -1.19. The molecule has 10 heavy (non-hydrogen) atoms. The van der Waals surface area contributed by atoms with Gasteiger partial charge in [-0.05, 0) is 0 Å². The molecule has 58 valence electrons. The zero-order chi connectivity index (χ0) is 7.28. The highest BCUT2D eigenvalue weighted by molar-refractivity contribution is 5.88. The van der Waals surface area contributed by atoms with Gasteiger partial charge in [0.05, 0.1) is 0 Å². The second-order valence-electron chi connectivity index (χ2n) is 1.50. The minimum absolute atomic E-state index is 0. The summed E-state index contributed by atoms with van der Waals surface area (Å²) >= 11 is 0. The molecular weight excluding hydrogens is 134 g/mol. The van der Waals surface area contributed by atoms with Crippen molar-refractivity contribution in [3.05, 3.63) is 0 Å². The van der Waals surface area contributed by atoms with Gasteiger partial charge < -0.3 is 14.9 Å². The Morgan fingerprint density at radius 3 is 1.90 bits per heavy atom. The van der Waals surface area contributed by atoms with Crippen molar-refractivity contribution < 1.29 is 14.4 Å². The van der Waals surface area contributed by atoms with Crippen molar-refractivity contribution in [3.63, 3.8) is 0 Å². The van der Waals surface area contributed by atoms with Gasteiger partial charge in [-0.1, -0.05) is 7.43 Å². The first kappa shape index (κ1) is 11.6. The lowest BCUT2D eigenvalue weighted by molar-refractivity contribution is -0.125. The summed E-state index contributed by atoms with van der Waals surface area (Å²) in [7, 11) is 0. The van der Waals surface area contributed by atoms with Crippen LogP contribution >= 0.6 is 0 Å². The van der Waals surface area contributed by atoms with E-state index >= 15 is 0 Å². The lowest BCUT2D eigenvalue weighted by atomic mass is 10.4. The van der Waals surface area contributed by atoms with Gasteiger partial charge in [-0.3, -0.25) is 4.79 Å². The van der Waals surface area contributed by atoms with Crippen molar-refractivity contribution in [2.45, 2.75) is 20.4 Å². The maximum Gasteiger partial charge on any atom is 0.217 e. The predicted molar refractivity (Wildman–Crippen MR) is 36.5 cm³/mol. The number of rotatable bonds is 3. The van der Waals surface area contributed by atoms with E-state index in [2.05, 4.69) is 5.32 Å². The van der Waals surface area contributed by atoms with Crippen LogP contribution in [-0.2, 0) is 14.4 Å². The van der Waals surface area contributed by atoms with Crippen LogP contribution in [0.3, 0.4) is 0 Å². The number of carbonyl (C=O) groups is 3. The Morgan fingerprint density at radius 1 is 1.40 bits per heavy atom. The third-order valence-electron chi connectivity index (χ3n) is 0.663. The minimum Gasteiger partial charge on any atom is -0.340 e. The summed E-state index contributed by atoms with van der Waals surface area (Å²) in [6.07, 6.45) is 0.739. The molecule has 1 amide bonds. The average molecular weight is 145 g/mol. The van der Waals surface area contributed by atoms with Crippen molar-refractivity contribution in [1.82, 2.24) is 5.32 Å². The third kappa shape index (κ3) is 4.96. The number of amides is 1. The Bertz CT molecular complexity index is 125. The van der Waals surface area contributed by atoms with Crippen molar-refractivity contribution in [1.29, 1.82) is 0 Å². The first-order valence-corrected chi connectivity index (χ1v) is 2.38. The van der Waals surface area contributed by atoms with Crippen LogP contribution < -0.4 is 5.32 Å². The summed E-state index contributed by atoms with van der Waals surface area (Å²) in [5.74, 6) is -0.390. The fourth-order valence-electron chi connectivity index (χ4n) is 0.335. The standard InChI is InChI=1S/C5H7NO3.CH4/c1-4(9)6-5(2-7)3-8;/h2-3,5H,1H3,(H,6,9);1H4. The lowest BCUT2D eigenvalue weighted by Crippen LogP contribution is -2.35. The molecule has 0 spiro atoms. The third-order valence-corrected chi connectivity index (χ3v) is 0.663. The van der Waals surface area contributed by atoms with Crippen LogP contribution in [0.15, 0.2) is 0 Å². The van der Waals surface area contributed by atoms with Gasteiger partial charge in [-0.15, -0.1) is 0 Å². The molecule has 0 aromatic rings. The van der Waals surface area contributed by atoms with Gasteiger partial charge in [-0.2, -0.15) is 0 Å². The van der Waals surface area contributed by atoms with Crippen LogP contribution in [0.5, 0.6) is 0 Å². The molecule has 0 aliphatic rings. The Kier molecular flexibility index (Phi) is 6.88. The van der Waals surface area contributed by atoms with Gasteiger partial charge in [0.1, 0.15) is 18.6 Å². The molecule has 0 bridgehead atoms. The molecular formula is C6H11NO3. The molecule has 0 atom stereocenters. The molecule has 0 aromatic heterocycles. The van der Waals surface area contributed by atoms with E-state index in [-0.39, 0.29) is 13.3 Å². The zero-order valence-electron chi connectivity index (χ0n) is 4.96. The molecule has 0 unspecified atom stereocenters. The van der Waals surface area contributed by atoms with E-state index in [0.717, 1.165) is 0 Å². The zero-order valence-corrected chi connectivity index (χ0v) is 4.96. The highest BCUT2D eigenvalue weighted by Gasteiger charge is 2.03. The van der Waals surface area contributed by atoms with Crippen molar-refractivity contribution in [3.8, 4) is 0 Å². The van der Waals surface area contributed by atoms with E-state index in [1.807, 2.05) is 0 Å². The van der Waals surface area contributed by atoms with Crippen LogP contribution in [-0.4, -0.2) is 24.5 Å². The number of nitrogens with one attached hydrogen (secondary N) is 1. The Morgan fingerprint density at radius 2 is 1.80 bits per heavy atom. The summed E-state index contributed by atoms with van der Waals surface area (Å²) in [4.78, 5) is 29.8. The van der Waals surface area contributed by atoms with E-state index in [1.165, 1.54) is 6.92 Å². The highest BCUT2D eigenvalue weighted by Crippen LogP contribution is 1.69. The second-order valence-corrected chi connectivity index (χ2v) is 1.50. The van der Waals surface area contributed by atoms with E-state index in [0.29, 0.717) is 12.6 Å². The minimum atomic E-state index is -0.984. The second kappa shape index (κ2) is 5.94. The Labute approximate surface area is 59.6 Å². The van der Waals surface area contributed by atoms with Gasteiger partial charge in [0.25, 0.3) is 0 Å². The van der Waals surface area contributed by atoms with E-state index in [4.69, 9.17) is 0 Å². The van der Waals surface area contributed by atoms with Crippen LogP contribution in [0.4, 0.5) is 0 Å². The summed E-state index contributed by atoms with van der Waals surface area (Å²) in [6, 6.07) is -0.984. The van der Waals surface area contributed by atoms with Crippen molar-refractivity contribution >= 4 is 18.5 Å². The maximum atomic E-state index is 10.1. The average Bonchev–Trinajstić information content (AvgIpc) is 1.82. The molecule has 0 radical (unpaired) electrons. The topological polar surface area (TPSA) is 63.2 Å². The molecule has 4 heteroatoms. The molecule has 0 heterocycles. The van der Waals surface area contributed by atoms with Crippen molar-refractivity contribution in [2.75, 3.05) is 0 Å². The summed E-state index contributed by atoms with van der Waals surface area (Å²) < 4.78 is 0. The molecule has 0 aliphatic carbocycles. The largest absolute Gasteiger partial charge is 0.340 e. The first-order valence-electron chi connectivity index (χ1n) is 2.38. The lowest BCUT2D eigenvalue weighted by Gasteiger charge is -1.99. The quantitative estimate of drug-likeness (QED) is 0.431. The van der Waals surface area contributed by atoms with E-state index < -0.39 is 6.04 Å². The molecule has 0 fully saturated rings. The van der Waals surface area contributed by atoms with E-state index in [9.17, 15) is 14.4 Å². The molecule has 1 N–H and O–H groups in total. The molecule has 0 rings (SSSR count). The summed E-state index contributed by atoms with van der Waals surface area (Å²) in [6.45, 7) is 1.24. The molecule has 0 saturated carbocycles. The highest BCUT2D eigenvalue weighted by atomic mass is 16.2. The normalized spacial score (nSPS) is 7.80. The van der Waals surface area contributed by atoms with Crippen LogP contribution in [0, 0.1) is 0 Å². The fourth-order valence-corrected chi connectivity index (χ4v) is 0.335. The van der Waals surface area contributed by atoms with Crippen LogP contribution in [0.2, 0.25) is 0 Å². The van der Waals surface area contributed by atoms with Gasteiger partial charge in [0.2, 0.25) is 5.91 Å². The Balaban J connectivity index is 0. The van der Waals surface area contributed by atoms with Gasteiger partial charge in [-0.25, -0.2) is 0 Å². The summed E-state index contributed by atoms with van der Waals surface area (Å²) in [5.41, 5.74) is 0. The number of hydrogen-bond acceptors (Lipinski definition) is 3. The van der Waals surface area contributed by atoms with Gasteiger partial charge >= 0.3 is 0 Å². The predicted octanol–water partition coefficient (Wildman–Crippen LogP) is -0.475. The summed E-state index contributed by atoms with van der Waals surface area (Å²) in [5, 5.41) is 2.10. The molecule has 4 nitrogen and oxygen atoms in total. The first-order chi connectivity index (χ1) is 4.20. The van der Waals surface area contributed by atoms with Gasteiger partial charge in [0.15, 0.2) is 0 Å². The van der Waals surface area contributed by atoms with Crippen LogP contribution in [0.25, 0.3) is 0 Å². The number of aldehydes is 2. The smallest absolute Gasteiger partial charge is 0.217 e. The molecule has 0 aromatic carbocycles. The van der Waals surface area contributed by atoms with Gasteiger partial charge in [0, 0.05) is 6.92 Å². The van der Waals surface area contributed by atoms with Crippen molar-refractivity contribution in [2.24, 2.45) is 0 Å². The molecule has 0 aliphatic heterocycles. The van der Waals surface area contributed by atoms with Crippen LogP contribution in [0.1, 0.15) is 14.4 Å². The number of carbonyl (C=O) groups excluding carboxylic acids is 3. The maximum absolute atomic E-state index is 10.1. The number of hydrogen-bond donors (Lipinski definition) is 1. The molecule has 0 saturated heterocycles. The fraction of sp³-hybridized carbons (Fsp3) is 0.500. The monoisotopic (exact) mass is 145 g/mol.